The molecule has 2 saturated heterocycles. The molecule has 1 amide bonds. The maximum atomic E-state index is 13.5. The molecule has 0 bridgehead atoms. The molecule has 2 atom stereocenters. The summed E-state index contributed by atoms with van der Waals surface area (Å²) < 4.78 is 24.8. The van der Waals surface area contributed by atoms with E-state index in [0.717, 1.165) is 16.7 Å². The van der Waals surface area contributed by atoms with Gasteiger partial charge in [0.05, 0.1) is 43.5 Å². The van der Waals surface area contributed by atoms with E-state index in [1.807, 2.05) is 32.9 Å². The van der Waals surface area contributed by atoms with Crippen LogP contribution in [0.3, 0.4) is 0 Å². The van der Waals surface area contributed by atoms with Crippen molar-refractivity contribution in [2.24, 2.45) is 0 Å². The van der Waals surface area contributed by atoms with Crippen molar-refractivity contribution in [1.29, 1.82) is 0 Å². The van der Waals surface area contributed by atoms with E-state index in [1.54, 1.807) is 22.1 Å². The summed E-state index contributed by atoms with van der Waals surface area (Å²) >= 11 is 6.24. The maximum absolute atomic E-state index is 13.5. The third-order valence-corrected chi connectivity index (χ3v) is 6.77. The Morgan fingerprint density at radius 2 is 1.83 bits per heavy atom. The molecule has 3 aromatic rings. The van der Waals surface area contributed by atoms with Crippen molar-refractivity contribution in [3.05, 3.63) is 64.1 Å². The average molecular weight is 512 g/mol. The fourth-order valence-corrected chi connectivity index (χ4v) is 4.93. The molecular weight excluding hydrogens is 485 g/mol. The third-order valence-electron chi connectivity index (χ3n) is 6.56. The first-order valence-electron chi connectivity index (χ1n) is 11.7. The number of ether oxygens (including phenoxy) is 2. The van der Waals surface area contributed by atoms with Gasteiger partial charge in [-0.3, -0.25) is 4.90 Å². The molecule has 36 heavy (non-hydrogen) atoms. The predicted octanol–water partition coefficient (Wildman–Crippen LogP) is 5.06. The first-order chi connectivity index (χ1) is 17.2. The largest absolute Gasteiger partial charge is 0.481 e. The summed E-state index contributed by atoms with van der Waals surface area (Å²) in [6, 6.07) is 7.64. The van der Waals surface area contributed by atoms with Gasteiger partial charge >= 0.3 is 6.09 Å². The molecule has 0 aliphatic carbocycles. The number of carbonyl (C=O) groups is 1. The number of halogens is 2. The second kappa shape index (κ2) is 9.54. The number of anilines is 1. The summed E-state index contributed by atoms with van der Waals surface area (Å²) in [6.07, 6.45) is 1.40. The van der Waals surface area contributed by atoms with Crippen LogP contribution in [-0.4, -0.2) is 58.4 Å². The first kappa shape index (κ1) is 24.2. The highest BCUT2D eigenvalue weighted by Crippen LogP contribution is 2.37. The Kier molecular flexibility index (Phi) is 6.42. The van der Waals surface area contributed by atoms with Crippen LogP contribution in [0.1, 0.15) is 35.4 Å². The number of aromatic nitrogens is 3. The van der Waals surface area contributed by atoms with Gasteiger partial charge in [-0.15, -0.1) is 0 Å². The molecule has 10 heteroatoms. The summed E-state index contributed by atoms with van der Waals surface area (Å²) in [5.41, 5.74) is 4.96. The molecule has 0 saturated carbocycles. The number of methoxy groups -OCH3 is 1. The fourth-order valence-electron chi connectivity index (χ4n) is 4.77. The normalized spacial score (nSPS) is 19.9. The van der Waals surface area contributed by atoms with Crippen LogP contribution >= 0.6 is 11.6 Å². The molecule has 8 nitrogen and oxygen atoms in total. The van der Waals surface area contributed by atoms with Gasteiger partial charge in [0, 0.05) is 23.5 Å². The number of hydrogen-bond donors (Lipinski definition) is 0. The molecular formula is C26H27ClFN5O3. The summed E-state index contributed by atoms with van der Waals surface area (Å²) in [5.74, 6) is 0.762. The lowest BCUT2D eigenvalue weighted by Gasteiger charge is -2.34. The van der Waals surface area contributed by atoms with E-state index in [4.69, 9.17) is 26.1 Å². The number of carbonyl (C=O) groups excluding carboxylic acids is 1. The van der Waals surface area contributed by atoms with Crippen molar-refractivity contribution >= 4 is 23.6 Å². The number of amides is 1. The van der Waals surface area contributed by atoms with E-state index in [9.17, 15) is 9.18 Å². The molecule has 4 heterocycles. The van der Waals surface area contributed by atoms with Crippen molar-refractivity contribution in [3.8, 4) is 17.0 Å². The Bertz CT molecular complexity index is 1300. The van der Waals surface area contributed by atoms with Gasteiger partial charge in [-0.05, 0) is 32.4 Å². The summed E-state index contributed by atoms with van der Waals surface area (Å²) in [4.78, 5) is 29.9. The summed E-state index contributed by atoms with van der Waals surface area (Å²) in [5, 5.41) is 0.424. The molecule has 0 radical (unpaired) electrons. The molecule has 5 rings (SSSR count). The Morgan fingerprint density at radius 3 is 2.50 bits per heavy atom. The van der Waals surface area contributed by atoms with E-state index in [1.165, 1.54) is 13.3 Å². The van der Waals surface area contributed by atoms with Crippen LogP contribution in [0.15, 0.2) is 36.7 Å². The predicted molar refractivity (Wildman–Crippen MR) is 134 cm³/mol. The lowest BCUT2D eigenvalue weighted by molar-refractivity contribution is 0.130. The van der Waals surface area contributed by atoms with Gasteiger partial charge in [0.1, 0.15) is 12.3 Å². The van der Waals surface area contributed by atoms with Crippen molar-refractivity contribution in [2.75, 3.05) is 25.1 Å². The van der Waals surface area contributed by atoms with Crippen LogP contribution in [-0.2, 0) is 11.3 Å². The minimum atomic E-state index is -0.902. The van der Waals surface area contributed by atoms with Crippen LogP contribution in [0.25, 0.3) is 11.1 Å². The number of alkyl halides is 1. The minimum absolute atomic E-state index is 0.161. The second-order valence-corrected chi connectivity index (χ2v) is 9.77. The standard InChI is InChI=1S/C26H27ClFN5O3/c1-14-5-15(2)7-17(6-14)23-16(3)33(26(34)36-23)13-22-21(20-8-18(27)9-29-24(20)35-4)10-30-25(31-22)32-11-19(28)12-32/h5-10,16,19,23H,11-13H2,1-4H3/t16-,23-/m0/s1. The van der Waals surface area contributed by atoms with E-state index < -0.39 is 18.4 Å². The van der Waals surface area contributed by atoms with Crippen LogP contribution in [0.5, 0.6) is 5.88 Å². The van der Waals surface area contributed by atoms with Crippen molar-refractivity contribution < 1.29 is 18.7 Å². The zero-order chi connectivity index (χ0) is 25.6. The number of benzene rings is 1. The lowest BCUT2D eigenvalue weighted by atomic mass is 9.98. The molecule has 2 aliphatic rings. The number of aryl methyl sites for hydroxylation is 2. The van der Waals surface area contributed by atoms with Gasteiger partial charge in [0.2, 0.25) is 11.8 Å². The molecule has 2 fully saturated rings. The highest BCUT2D eigenvalue weighted by Gasteiger charge is 2.40. The lowest BCUT2D eigenvalue weighted by Crippen LogP contribution is -2.49. The van der Waals surface area contributed by atoms with E-state index in [0.29, 0.717) is 33.7 Å². The van der Waals surface area contributed by atoms with Gasteiger partial charge in [-0.25, -0.2) is 24.1 Å². The Hall–Kier alpha value is -3.46. The zero-order valence-electron chi connectivity index (χ0n) is 20.5. The van der Waals surface area contributed by atoms with E-state index in [-0.39, 0.29) is 25.7 Å². The number of pyridine rings is 1. The summed E-state index contributed by atoms with van der Waals surface area (Å²) in [7, 11) is 1.52. The molecule has 0 N–H and O–H groups in total. The molecule has 2 aliphatic heterocycles. The number of rotatable bonds is 6. The van der Waals surface area contributed by atoms with Gasteiger partial charge in [-0.1, -0.05) is 40.9 Å². The van der Waals surface area contributed by atoms with Gasteiger partial charge in [0.25, 0.3) is 0 Å². The van der Waals surface area contributed by atoms with Gasteiger partial charge in [0.15, 0.2) is 0 Å². The summed E-state index contributed by atoms with van der Waals surface area (Å²) in [6.45, 7) is 6.63. The monoisotopic (exact) mass is 511 g/mol. The van der Waals surface area contributed by atoms with Gasteiger partial charge < -0.3 is 14.4 Å². The Morgan fingerprint density at radius 1 is 1.11 bits per heavy atom. The van der Waals surface area contributed by atoms with Crippen LogP contribution in [0, 0.1) is 13.8 Å². The Labute approximate surface area is 214 Å². The quantitative estimate of drug-likeness (QED) is 0.457. The topological polar surface area (TPSA) is 80.7 Å². The first-order valence-corrected chi connectivity index (χ1v) is 12.1. The van der Waals surface area contributed by atoms with Crippen LogP contribution in [0.2, 0.25) is 5.02 Å². The highest BCUT2D eigenvalue weighted by atomic mass is 35.5. The highest BCUT2D eigenvalue weighted by molar-refractivity contribution is 6.30. The third kappa shape index (κ3) is 4.55. The van der Waals surface area contributed by atoms with E-state index in [2.05, 4.69) is 16.0 Å². The van der Waals surface area contributed by atoms with Crippen LogP contribution < -0.4 is 9.64 Å². The average Bonchev–Trinajstić information content (AvgIpc) is 3.10. The molecule has 0 unspecified atom stereocenters. The zero-order valence-corrected chi connectivity index (χ0v) is 21.3. The maximum Gasteiger partial charge on any atom is 0.411 e. The SMILES string of the molecule is COc1ncc(Cl)cc1-c1cnc(N2CC(F)C2)nc1CN1C(=O)O[C@H](c2cc(C)cc(C)c2)[C@@H]1C. The van der Waals surface area contributed by atoms with Crippen molar-refractivity contribution in [2.45, 2.75) is 45.6 Å². The minimum Gasteiger partial charge on any atom is -0.481 e. The Balaban J connectivity index is 1.52. The van der Waals surface area contributed by atoms with Crippen molar-refractivity contribution in [1.82, 2.24) is 19.9 Å². The second-order valence-electron chi connectivity index (χ2n) is 9.34. The molecule has 2 aromatic heterocycles. The number of hydrogen-bond acceptors (Lipinski definition) is 7. The molecule has 1 aromatic carbocycles. The molecule has 188 valence electrons. The van der Waals surface area contributed by atoms with Gasteiger partial charge in [-0.2, -0.15) is 0 Å². The van der Waals surface area contributed by atoms with Crippen LogP contribution in [0.4, 0.5) is 15.1 Å². The smallest absolute Gasteiger partial charge is 0.411 e. The van der Waals surface area contributed by atoms with Crippen molar-refractivity contribution in [3.63, 3.8) is 0 Å². The number of cyclic esters (lactones) is 1. The fraction of sp³-hybridized carbons (Fsp3) is 0.385. The molecule has 0 spiro atoms. The number of nitrogens with zero attached hydrogens (tertiary/aromatic N) is 5. The van der Waals surface area contributed by atoms with E-state index >= 15 is 0 Å².